The molecule has 5 heteroatoms. The van der Waals surface area contributed by atoms with Crippen LogP contribution in [0.15, 0.2) is 0 Å². The van der Waals surface area contributed by atoms with Crippen LogP contribution < -0.4 is 10.6 Å². The Labute approximate surface area is 129 Å². The van der Waals surface area contributed by atoms with Gasteiger partial charge in [-0.25, -0.2) is 0 Å². The Balaban J connectivity index is 2.43. The summed E-state index contributed by atoms with van der Waals surface area (Å²) in [6.07, 6.45) is 3.37. The van der Waals surface area contributed by atoms with E-state index in [1.807, 2.05) is 6.92 Å². The molecule has 5 nitrogen and oxygen atoms in total. The summed E-state index contributed by atoms with van der Waals surface area (Å²) in [6.45, 7) is 10.9. The van der Waals surface area contributed by atoms with Crippen LogP contribution in [0.1, 0.15) is 40.0 Å². The second kappa shape index (κ2) is 10.1. The third-order valence-corrected chi connectivity index (χ3v) is 4.23. The molecule has 2 unspecified atom stereocenters. The van der Waals surface area contributed by atoms with Gasteiger partial charge in [0.15, 0.2) is 0 Å². The fourth-order valence-corrected chi connectivity index (χ4v) is 2.92. The first-order valence-corrected chi connectivity index (χ1v) is 8.29. The van der Waals surface area contributed by atoms with Gasteiger partial charge < -0.3 is 15.4 Å². The number of carbonyl (C=O) groups is 1. The molecule has 21 heavy (non-hydrogen) atoms. The average Bonchev–Trinajstić information content (AvgIpc) is 2.49. The van der Waals surface area contributed by atoms with Crippen LogP contribution in [-0.4, -0.2) is 62.8 Å². The molecule has 0 aromatic rings. The Morgan fingerprint density at radius 2 is 2.19 bits per heavy atom. The van der Waals surface area contributed by atoms with E-state index in [2.05, 4.69) is 29.4 Å². The largest absolute Gasteiger partial charge is 0.385 e. The number of rotatable bonds is 9. The summed E-state index contributed by atoms with van der Waals surface area (Å²) in [7, 11) is 1.68. The lowest BCUT2D eigenvalue weighted by atomic mass is 9.97. The summed E-state index contributed by atoms with van der Waals surface area (Å²) in [5, 5.41) is 6.47. The maximum Gasteiger partial charge on any atom is 0.237 e. The van der Waals surface area contributed by atoms with E-state index in [1.54, 1.807) is 7.11 Å². The summed E-state index contributed by atoms with van der Waals surface area (Å²) >= 11 is 0. The molecule has 124 valence electrons. The number of methoxy groups -OCH3 is 1. The Morgan fingerprint density at radius 3 is 2.76 bits per heavy atom. The van der Waals surface area contributed by atoms with Crippen molar-refractivity contribution in [1.82, 2.24) is 15.5 Å². The molecule has 1 aliphatic heterocycles. The van der Waals surface area contributed by atoms with Crippen molar-refractivity contribution in [2.24, 2.45) is 5.92 Å². The topological polar surface area (TPSA) is 53.6 Å². The van der Waals surface area contributed by atoms with Crippen molar-refractivity contribution in [3.05, 3.63) is 0 Å². The van der Waals surface area contributed by atoms with Crippen molar-refractivity contribution in [2.45, 2.75) is 52.1 Å². The van der Waals surface area contributed by atoms with Crippen molar-refractivity contribution in [3.8, 4) is 0 Å². The number of nitrogens with one attached hydrogen (secondary N) is 2. The number of ether oxygens (including phenoxy) is 1. The number of hydrogen-bond acceptors (Lipinski definition) is 4. The van der Waals surface area contributed by atoms with E-state index in [0.29, 0.717) is 25.1 Å². The van der Waals surface area contributed by atoms with E-state index < -0.39 is 0 Å². The number of amides is 1. The van der Waals surface area contributed by atoms with Gasteiger partial charge in [0.1, 0.15) is 0 Å². The molecule has 0 saturated carbocycles. The first-order chi connectivity index (χ1) is 10.1. The average molecular weight is 299 g/mol. The minimum Gasteiger partial charge on any atom is -0.385 e. The molecule has 0 radical (unpaired) electrons. The first-order valence-electron chi connectivity index (χ1n) is 8.29. The molecule has 1 aliphatic rings. The van der Waals surface area contributed by atoms with Crippen molar-refractivity contribution in [1.29, 1.82) is 0 Å². The second-order valence-corrected chi connectivity index (χ2v) is 6.32. The highest BCUT2D eigenvalue weighted by molar-refractivity contribution is 5.81. The van der Waals surface area contributed by atoms with E-state index >= 15 is 0 Å². The van der Waals surface area contributed by atoms with E-state index in [4.69, 9.17) is 4.74 Å². The van der Waals surface area contributed by atoms with Crippen molar-refractivity contribution in [2.75, 3.05) is 39.9 Å². The lowest BCUT2D eigenvalue weighted by molar-refractivity contribution is -0.126. The van der Waals surface area contributed by atoms with Crippen LogP contribution in [0.4, 0.5) is 0 Å². The predicted octanol–water partition coefficient (Wildman–Crippen LogP) is 1.24. The van der Waals surface area contributed by atoms with Crippen molar-refractivity contribution in [3.63, 3.8) is 0 Å². The van der Waals surface area contributed by atoms with Gasteiger partial charge in [0.25, 0.3) is 0 Å². The van der Waals surface area contributed by atoms with Gasteiger partial charge in [0.05, 0.1) is 6.04 Å². The molecule has 2 N–H and O–H groups in total. The van der Waals surface area contributed by atoms with Gasteiger partial charge in [-0.1, -0.05) is 0 Å². The molecule has 0 spiro atoms. The summed E-state index contributed by atoms with van der Waals surface area (Å²) in [6, 6.07) is 0.307. The lowest BCUT2D eigenvalue weighted by Crippen LogP contribution is -2.51. The van der Waals surface area contributed by atoms with Gasteiger partial charge in [-0.3, -0.25) is 9.69 Å². The van der Waals surface area contributed by atoms with Gasteiger partial charge in [-0.15, -0.1) is 0 Å². The molecule has 0 aromatic heterocycles. The van der Waals surface area contributed by atoms with Gasteiger partial charge >= 0.3 is 0 Å². The van der Waals surface area contributed by atoms with E-state index in [9.17, 15) is 4.79 Å². The van der Waals surface area contributed by atoms with Crippen LogP contribution in [0.2, 0.25) is 0 Å². The smallest absolute Gasteiger partial charge is 0.237 e. The number of nitrogens with zero attached hydrogens (tertiary/aromatic N) is 1. The molecule has 2 atom stereocenters. The predicted molar refractivity (Wildman–Crippen MR) is 86.4 cm³/mol. The molecule has 1 fully saturated rings. The maximum atomic E-state index is 12.3. The molecule has 0 aliphatic carbocycles. The molecule has 0 aromatic carbocycles. The quantitative estimate of drug-likeness (QED) is 0.629. The summed E-state index contributed by atoms with van der Waals surface area (Å²) < 4.78 is 5.00. The highest BCUT2D eigenvalue weighted by Gasteiger charge is 2.26. The number of carbonyl (C=O) groups excluding carboxylic acids is 1. The van der Waals surface area contributed by atoms with Gasteiger partial charge in [0.2, 0.25) is 5.91 Å². The third-order valence-electron chi connectivity index (χ3n) is 4.23. The van der Waals surface area contributed by atoms with Crippen LogP contribution in [0.5, 0.6) is 0 Å². The molecule has 1 amide bonds. The highest BCUT2D eigenvalue weighted by Crippen LogP contribution is 2.16. The molecular formula is C16H33N3O2. The van der Waals surface area contributed by atoms with Crippen LogP contribution in [0.25, 0.3) is 0 Å². The lowest BCUT2D eigenvalue weighted by Gasteiger charge is -2.36. The Morgan fingerprint density at radius 1 is 1.43 bits per heavy atom. The summed E-state index contributed by atoms with van der Waals surface area (Å²) in [4.78, 5) is 14.6. The fourth-order valence-electron chi connectivity index (χ4n) is 2.92. The van der Waals surface area contributed by atoms with Gasteiger partial charge in [-0.05, 0) is 59.0 Å². The van der Waals surface area contributed by atoms with E-state index in [1.165, 1.54) is 12.8 Å². The molecule has 1 heterocycles. The van der Waals surface area contributed by atoms with Crippen molar-refractivity contribution >= 4 is 5.91 Å². The minimum atomic E-state index is -0.0746. The summed E-state index contributed by atoms with van der Waals surface area (Å²) in [5.74, 6) is 0.786. The fraction of sp³-hybridized carbons (Fsp3) is 0.938. The highest BCUT2D eigenvalue weighted by atomic mass is 16.5. The Bertz CT molecular complexity index is 291. The standard InChI is InChI=1S/C16H33N3O2/c1-13(2)19(12-15-7-5-8-17-11-15)14(3)16(20)18-9-6-10-21-4/h13-15,17H,5-12H2,1-4H3,(H,18,20). The Kier molecular flexibility index (Phi) is 8.88. The molecular weight excluding hydrogens is 266 g/mol. The van der Waals surface area contributed by atoms with E-state index in [-0.39, 0.29) is 11.9 Å². The van der Waals surface area contributed by atoms with Crippen LogP contribution >= 0.6 is 0 Å². The monoisotopic (exact) mass is 299 g/mol. The van der Waals surface area contributed by atoms with Gasteiger partial charge in [0, 0.05) is 32.8 Å². The van der Waals surface area contributed by atoms with Gasteiger partial charge in [-0.2, -0.15) is 0 Å². The first kappa shape index (κ1) is 18.4. The Hall–Kier alpha value is -0.650. The SMILES string of the molecule is COCCCNC(=O)C(C)N(CC1CCCNC1)C(C)C. The maximum absolute atomic E-state index is 12.3. The zero-order valence-electron chi connectivity index (χ0n) is 14.2. The zero-order valence-corrected chi connectivity index (χ0v) is 14.2. The van der Waals surface area contributed by atoms with Crippen LogP contribution in [0, 0.1) is 5.92 Å². The summed E-state index contributed by atoms with van der Waals surface area (Å²) in [5.41, 5.74) is 0. The molecule has 0 bridgehead atoms. The second-order valence-electron chi connectivity index (χ2n) is 6.32. The van der Waals surface area contributed by atoms with E-state index in [0.717, 1.165) is 26.1 Å². The number of hydrogen-bond donors (Lipinski definition) is 2. The third kappa shape index (κ3) is 6.76. The molecule has 1 rings (SSSR count). The minimum absolute atomic E-state index is 0.0746. The normalized spacial score (nSPS) is 20.8. The van der Waals surface area contributed by atoms with Crippen LogP contribution in [-0.2, 0) is 9.53 Å². The number of piperidine rings is 1. The van der Waals surface area contributed by atoms with Crippen LogP contribution in [0.3, 0.4) is 0 Å². The zero-order chi connectivity index (χ0) is 15.7. The van der Waals surface area contributed by atoms with Crippen molar-refractivity contribution < 1.29 is 9.53 Å². The molecule has 1 saturated heterocycles.